The highest BCUT2D eigenvalue weighted by molar-refractivity contribution is 5.74. The van der Waals surface area contributed by atoms with Gasteiger partial charge in [-0.2, -0.15) is 0 Å². The average Bonchev–Trinajstić information content (AvgIpc) is 1.98. The largest absolute Gasteiger partial charge is 0.464 e. The van der Waals surface area contributed by atoms with E-state index in [1.807, 2.05) is 6.92 Å². The summed E-state index contributed by atoms with van der Waals surface area (Å²) in [5.74, 6) is -0.288. The van der Waals surface area contributed by atoms with Crippen molar-refractivity contribution in [3.63, 3.8) is 0 Å². The normalized spacial score (nSPS) is 12.7. The highest BCUT2D eigenvalue weighted by atomic mass is 16.6. The molecule has 0 radical (unpaired) electrons. The molecule has 0 amide bonds. The van der Waals surface area contributed by atoms with E-state index in [-0.39, 0.29) is 5.97 Å². The lowest BCUT2D eigenvalue weighted by molar-refractivity contribution is -0.154. The first-order valence-electron chi connectivity index (χ1n) is 3.41. The zero-order valence-electron chi connectivity index (χ0n) is 6.72. The maximum atomic E-state index is 10.8. The van der Waals surface area contributed by atoms with Crippen LogP contribution in [0, 0.1) is 0 Å². The molecule has 10 heavy (non-hydrogen) atoms. The molecule has 0 N–H and O–H groups in total. The molecule has 0 rings (SSSR count). The maximum Gasteiger partial charge on any atom is 0.334 e. The predicted octanol–water partition coefficient (Wildman–Crippen LogP) is 0.975. The second kappa shape index (κ2) is 5.23. The van der Waals surface area contributed by atoms with Gasteiger partial charge in [0, 0.05) is 7.11 Å². The van der Waals surface area contributed by atoms with Crippen LogP contribution in [-0.2, 0) is 14.3 Å². The van der Waals surface area contributed by atoms with Crippen LogP contribution in [0.15, 0.2) is 0 Å². The molecule has 0 unspecified atom stereocenters. The summed E-state index contributed by atoms with van der Waals surface area (Å²) in [7, 11) is 1.48. The summed E-state index contributed by atoms with van der Waals surface area (Å²) in [6, 6.07) is 0. The Bertz CT molecular complexity index is 101. The van der Waals surface area contributed by atoms with Gasteiger partial charge in [0.15, 0.2) is 6.10 Å². The Morgan fingerprint density at radius 1 is 1.60 bits per heavy atom. The van der Waals surface area contributed by atoms with Crippen molar-refractivity contribution >= 4 is 5.97 Å². The Labute approximate surface area is 61.3 Å². The molecule has 3 nitrogen and oxygen atoms in total. The molecule has 0 saturated carbocycles. The number of methoxy groups -OCH3 is 1. The molecular weight excluding hydrogens is 132 g/mol. The van der Waals surface area contributed by atoms with Crippen LogP contribution in [0.5, 0.6) is 0 Å². The first kappa shape index (κ1) is 9.43. The van der Waals surface area contributed by atoms with E-state index in [1.54, 1.807) is 6.92 Å². The van der Waals surface area contributed by atoms with Gasteiger partial charge < -0.3 is 9.47 Å². The summed E-state index contributed by atoms with van der Waals surface area (Å²) < 4.78 is 9.51. The first-order valence-corrected chi connectivity index (χ1v) is 3.41. The highest BCUT2D eigenvalue weighted by Gasteiger charge is 2.11. The van der Waals surface area contributed by atoms with Crippen molar-refractivity contribution in [2.75, 3.05) is 13.7 Å². The Kier molecular flexibility index (Phi) is 4.94. The van der Waals surface area contributed by atoms with E-state index in [0.29, 0.717) is 6.61 Å². The third kappa shape index (κ3) is 3.45. The zero-order chi connectivity index (χ0) is 7.98. The van der Waals surface area contributed by atoms with Gasteiger partial charge in [0.05, 0.1) is 6.61 Å². The minimum Gasteiger partial charge on any atom is -0.464 e. The van der Waals surface area contributed by atoms with Crippen molar-refractivity contribution in [2.45, 2.75) is 26.4 Å². The Morgan fingerprint density at radius 3 is 2.60 bits per heavy atom. The predicted molar refractivity (Wildman–Crippen MR) is 37.7 cm³/mol. The van der Waals surface area contributed by atoms with E-state index in [2.05, 4.69) is 0 Å². The Morgan fingerprint density at radius 2 is 2.20 bits per heavy atom. The summed E-state index contributed by atoms with van der Waals surface area (Å²) >= 11 is 0. The third-order valence-electron chi connectivity index (χ3n) is 1.13. The highest BCUT2D eigenvalue weighted by Crippen LogP contribution is 1.92. The molecule has 0 aliphatic carbocycles. The minimum absolute atomic E-state index is 0.288. The number of carbonyl (C=O) groups is 1. The van der Waals surface area contributed by atoms with Crippen LogP contribution in [-0.4, -0.2) is 25.8 Å². The standard InChI is InChI=1S/C7H14O3/c1-4-5-10-7(8)6(2)9-3/h6H,4-5H2,1-3H3/t6-/m0/s1. The van der Waals surface area contributed by atoms with E-state index in [0.717, 1.165) is 6.42 Å². The molecule has 1 atom stereocenters. The molecule has 0 aliphatic heterocycles. The van der Waals surface area contributed by atoms with Crippen molar-refractivity contribution in [1.82, 2.24) is 0 Å². The van der Waals surface area contributed by atoms with E-state index in [9.17, 15) is 4.79 Å². The van der Waals surface area contributed by atoms with Gasteiger partial charge in [-0.15, -0.1) is 0 Å². The van der Waals surface area contributed by atoms with Crippen LogP contribution in [0.1, 0.15) is 20.3 Å². The fourth-order valence-corrected chi connectivity index (χ4v) is 0.416. The molecule has 0 aliphatic rings. The van der Waals surface area contributed by atoms with Gasteiger partial charge in [0.2, 0.25) is 0 Å². The quantitative estimate of drug-likeness (QED) is 0.554. The van der Waals surface area contributed by atoms with Crippen molar-refractivity contribution < 1.29 is 14.3 Å². The third-order valence-corrected chi connectivity index (χ3v) is 1.13. The number of hydrogen-bond acceptors (Lipinski definition) is 3. The lowest BCUT2D eigenvalue weighted by atomic mass is 10.4. The molecule has 0 fully saturated rings. The Hall–Kier alpha value is -0.570. The molecule has 0 bridgehead atoms. The fourth-order valence-electron chi connectivity index (χ4n) is 0.416. The van der Waals surface area contributed by atoms with E-state index in [4.69, 9.17) is 9.47 Å². The molecule has 60 valence electrons. The Balaban J connectivity index is 3.42. The van der Waals surface area contributed by atoms with E-state index < -0.39 is 6.10 Å². The average molecular weight is 146 g/mol. The molecule has 0 aromatic rings. The second-order valence-corrected chi connectivity index (χ2v) is 2.05. The van der Waals surface area contributed by atoms with Crippen molar-refractivity contribution in [3.05, 3.63) is 0 Å². The van der Waals surface area contributed by atoms with Gasteiger partial charge in [0.1, 0.15) is 0 Å². The number of hydrogen-bond donors (Lipinski definition) is 0. The van der Waals surface area contributed by atoms with Gasteiger partial charge in [0.25, 0.3) is 0 Å². The monoisotopic (exact) mass is 146 g/mol. The van der Waals surface area contributed by atoms with Gasteiger partial charge in [-0.05, 0) is 13.3 Å². The molecule has 0 aromatic carbocycles. The summed E-state index contributed by atoms with van der Waals surface area (Å²) in [6.45, 7) is 4.09. The zero-order valence-corrected chi connectivity index (χ0v) is 6.72. The van der Waals surface area contributed by atoms with Crippen LogP contribution in [0.3, 0.4) is 0 Å². The summed E-state index contributed by atoms with van der Waals surface area (Å²) in [5.41, 5.74) is 0. The van der Waals surface area contributed by atoms with Gasteiger partial charge >= 0.3 is 5.97 Å². The van der Waals surface area contributed by atoms with Crippen molar-refractivity contribution in [2.24, 2.45) is 0 Å². The lowest BCUT2D eigenvalue weighted by Crippen LogP contribution is -2.21. The van der Waals surface area contributed by atoms with Crippen molar-refractivity contribution in [1.29, 1.82) is 0 Å². The first-order chi connectivity index (χ1) is 4.72. The van der Waals surface area contributed by atoms with E-state index in [1.165, 1.54) is 7.11 Å². The molecule has 0 spiro atoms. The maximum absolute atomic E-state index is 10.8. The minimum atomic E-state index is -0.438. The summed E-state index contributed by atoms with van der Waals surface area (Å²) in [4.78, 5) is 10.8. The fraction of sp³-hybridized carbons (Fsp3) is 0.857. The smallest absolute Gasteiger partial charge is 0.334 e. The molecule has 0 heterocycles. The summed E-state index contributed by atoms with van der Waals surface area (Å²) in [5, 5.41) is 0. The lowest BCUT2D eigenvalue weighted by Gasteiger charge is -2.07. The van der Waals surface area contributed by atoms with Gasteiger partial charge in [-0.3, -0.25) is 0 Å². The van der Waals surface area contributed by atoms with Crippen LogP contribution in [0.4, 0.5) is 0 Å². The second-order valence-electron chi connectivity index (χ2n) is 2.05. The van der Waals surface area contributed by atoms with Gasteiger partial charge in [-0.1, -0.05) is 6.92 Å². The molecule has 3 heteroatoms. The number of rotatable bonds is 4. The summed E-state index contributed by atoms with van der Waals surface area (Å²) in [6.07, 6.45) is 0.411. The molecule has 0 saturated heterocycles. The molecular formula is C7H14O3. The number of carbonyl (C=O) groups excluding carboxylic acids is 1. The van der Waals surface area contributed by atoms with Crippen LogP contribution >= 0.6 is 0 Å². The number of esters is 1. The van der Waals surface area contributed by atoms with Crippen LogP contribution < -0.4 is 0 Å². The van der Waals surface area contributed by atoms with Gasteiger partial charge in [-0.25, -0.2) is 4.79 Å². The molecule has 0 aromatic heterocycles. The van der Waals surface area contributed by atoms with E-state index >= 15 is 0 Å². The SMILES string of the molecule is CCCOC(=O)[C@H](C)OC. The van der Waals surface area contributed by atoms with Crippen molar-refractivity contribution in [3.8, 4) is 0 Å². The topological polar surface area (TPSA) is 35.5 Å². The van der Waals surface area contributed by atoms with Crippen LogP contribution in [0.25, 0.3) is 0 Å². The number of ether oxygens (including phenoxy) is 2. The van der Waals surface area contributed by atoms with Crippen LogP contribution in [0.2, 0.25) is 0 Å².